The second-order valence-corrected chi connectivity index (χ2v) is 10.2. The van der Waals surface area contributed by atoms with Crippen molar-refractivity contribution in [3.63, 3.8) is 0 Å². The molecule has 1 fully saturated rings. The van der Waals surface area contributed by atoms with E-state index in [0.717, 1.165) is 34.8 Å². The van der Waals surface area contributed by atoms with Crippen molar-refractivity contribution in [2.45, 2.75) is 70.7 Å². The van der Waals surface area contributed by atoms with Crippen molar-refractivity contribution >= 4 is 17.3 Å². The molecule has 1 saturated heterocycles. The summed E-state index contributed by atoms with van der Waals surface area (Å²) >= 11 is 5.93. The van der Waals surface area contributed by atoms with E-state index in [1.807, 2.05) is 24.4 Å². The molecule has 0 aliphatic carbocycles. The standard InChI is InChI=1S/C25H36N4O2S/c1-24(2)13-20(14-25(3,4)28-24)27-23(32)29(17-19-8-7-11-26-15-19)16-18-9-10-21(30-5)22(12-18)31-6/h7-12,15,20,28H,13-14,16-17H2,1-6H3,(H,27,32). The number of rotatable bonds is 7. The van der Waals surface area contributed by atoms with Crippen molar-refractivity contribution in [3.8, 4) is 11.5 Å². The molecule has 2 N–H and O–H groups in total. The van der Waals surface area contributed by atoms with Crippen LogP contribution in [0.5, 0.6) is 11.5 Å². The lowest BCUT2D eigenvalue weighted by Gasteiger charge is -2.47. The van der Waals surface area contributed by atoms with Gasteiger partial charge in [0.1, 0.15) is 0 Å². The zero-order valence-electron chi connectivity index (χ0n) is 20.1. The topological polar surface area (TPSA) is 58.7 Å². The van der Waals surface area contributed by atoms with Gasteiger partial charge < -0.3 is 25.0 Å². The maximum absolute atomic E-state index is 5.93. The second kappa shape index (κ2) is 10.0. The third-order valence-corrected chi connectivity index (χ3v) is 6.10. The molecule has 174 valence electrons. The number of methoxy groups -OCH3 is 2. The van der Waals surface area contributed by atoms with Gasteiger partial charge >= 0.3 is 0 Å². The molecule has 0 bridgehead atoms. The molecule has 32 heavy (non-hydrogen) atoms. The number of ether oxygens (including phenoxy) is 2. The van der Waals surface area contributed by atoms with Crippen molar-refractivity contribution in [3.05, 3.63) is 53.9 Å². The third kappa shape index (κ3) is 6.56. The molecule has 1 aromatic carbocycles. The van der Waals surface area contributed by atoms with Gasteiger partial charge in [0.15, 0.2) is 16.6 Å². The zero-order chi connectivity index (χ0) is 23.4. The maximum Gasteiger partial charge on any atom is 0.169 e. The van der Waals surface area contributed by atoms with Crippen molar-refractivity contribution in [1.29, 1.82) is 0 Å². The van der Waals surface area contributed by atoms with Gasteiger partial charge in [-0.1, -0.05) is 12.1 Å². The highest BCUT2D eigenvalue weighted by atomic mass is 32.1. The quantitative estimate of drug-likeness (QED) is 0.603. The lowest BCUT2D eigenvalue weighted by molar-refractivity contribution is 0.153. The number of aromatic nitrogens is 1. The Morgan fingerprint density at radius 3 is 2.31 bits per heavy atom. The summed E-state index contributed by atoms with van der Waals surface area (Å²) in [4.78, 5) is 6.46. The van der Waals surface area contributed by atoms with E-state index in [-0.39, 0.29) is 11.1 Å². The van der Waals surface area contributed by atoms with Crippen molar-refractivity contribution in [1.82, 2.24) is 20.5 Å². The smallest absolute Gasteiger partial charge is 0.169 e. The van der Waals surface area contributed by atoms with Crippen molar-refractivity contribution in [2.75, 3.05) is 14.2 Å². The van der Waals surface area contributed by atoms with Gasteiger partial charge in [-0.25, -0.2) is 0 Å². The first-order chi connectivity index (χ1) is 15.1. The SMILES string of the molecule is COc1ccc(CN(Cc2cccnc2)C(=S)NC2CC(C)(C)NC(C)(C)C2)cc1OC. The summed E-state index contributed by atoms with van der Waals surface area (Å²) in [7, 11) is 3.30. The van der Waals surface area contributed by atoms with E-state index < -0.39 is 0 Å². The van der Waals surface area contributed by atoms with Crippen LogP contribution in [0.15, 0.2) is 42.7 Å². The third-order valence-electron chi connectivity index (χ3n) is 5.72. The van der Waals surface area contributed by atoms with Crippen LogP contribution < -0.4 is 20.1 Å². The minimum atomic E-state index is 0.0482. The number of hydrogen-bond donors (Lipinski definition) is 2. The summed E-state index contributed by atoms with van der Waals surface area (Å²) in [5.41, 5.74) is 2.31. The molecule has 6 nitrogen and oxygen atoms in total. The van der Waals surface area contributed by atoms with E-state index in [1.54, 1.807) is 20.4 Å². The van der Waals surface area contributed by atoms with Crippen LogP contribution in [0.25, 0.3) is 0 Å². The predicted octanol–water partition coefficient (Wildman–Crippen LogP) is 4.28. The van der Waals surface area contributed by atoms with E-state index in [2.05, 4.69) is 60.3 Å². The Bertz CT molecular complexity index is 901. The fourth-order valence-corrected chi connectivity index (χ4v) is 5.10. The van der Waals surface area contributed by atoms with Gasteiger partial charge in [-0.05, 0) is 82.1 Å². The zero-order valence-corrected chi connectivity index (χ0v) is 20.9. The first-order valence-corrected chi connectivity index (χ1v) is 11.5. The molecular weight excluding hydrogens is 420 g/mol. The number of nitrogens with zero attached hydrogens (tertiary/aromatic N) is 2. The fourth-order valence-electron chi connectivity index (χ4n) is 4.80. The number of benzene rings is 1. The van der Waals surface area contributed by atoms with Crippen LogP contribution in [0.2, 0.25) is 0 Å². The van der Waals surface area contributed by atoms with Crippen LogP contribution in [0.1, 0.15) is 51.7 Å². The molecule has 0 atom stereocenters. The van der Waals surface area contributed by atoms with Crippen molar-refractivity contribution in [2.24, 2.45) is 0 Å². The number of thiocarbonyl (C=S) groups is 1. The maximum atomic E-state index is 5.93. The largest absolute Gasteiger partial charge is 0.493 e. The minimum absolute atomic E-state index is 0.0482. The van der Waals surface area contributed by atoms with Gasteiger partial charge in [0.25, 0.3) is 0 Å². The predicted molar refractivity (Wildman–Crippen MR) is 133 cm³/mol. The van der Waals surface area contributed by atoms with Crippen LogP contribution in [0.4, 0.5) is 0 Å². The number of piperidine rings is 1. The highest BCUT2D eigenvalue weighted by Crippen LogP contribution is 2.30. The first-order valence-electron chi connectivity index (χ1n) is 11.1. The van der Waals surface area contributed by atoms with Crippen LogP contribution in [-0.2, 0) is 13.1 Å². The summed E-state index contributed by atoms with van der Waals surface area (Å²) < 4.78 is 10.9. The summed E-state index contributed by atoms with van der Waals surface area (Å²) in [6, 6.07) is 10.3. The average molecular weight is 457 g/mol. The molecular formula is C25H36N4O2S. The van der Waals surface area contributed by atoms with Gasteiger partial charge in [-0.2, -0.15) is 0 Å². The average Bonchev–Trinajstić information content (AvgIpc) is 2.71. The minimum Gasteiger partial charge on any atom is -0.493 e. The van der Waals surface area contributed by atoms with Crippen LogP contribution in [-0.4, -0.2) is 46.3 Å². The lowest BCUT2D eigenvalue weighted by Crippen LogP contribution is -2.62. The number of hydrogen-bond acceptors (Lipinski definition) is 5. The molecule has 0 saturated carbocycles. The normalized spacial score (nSPS) is 17.4. The molecule has 3 rings (SSSR count). The number of nitrogens with one attached hydrogen (secondary N) is 2. The molecule has 2 heterocycles. The fraction of sp³-hybridized carbons (Fsp3) is 0.520. The molecule has 0 radical (unpaired) electrons. The van der Waals surface area contributed by atoms with E-state index in [0.29, 0.717) is 24.9 Å². The van der Waals surface area contributed by atoms with Gasteiger partial charge in [0.2, 0.25) is 0 Å². The van der Waals surface area contributed by atoms with Crippen LogP contribution in [0.3, 0.4) is 0 Å². The second-order valence-electron chi connectivity index (χ2n) is 9.85. The van der Waals surface area contributed by atoms with E-state index in [9.17, 15) is 0 Å². The Morgan fingerprint density at radius 1 is 1.06 bits per heavy atom. The Hall–Kier alpha value is -2.38. The van der Waals surface area contributed by atoms with Crippen molar-refractivity contribution < 1.29 is 9.47 Å². The highest BCUT2D eigenvalue weighted by Gasteiger charge is 2.38. The van der Waals surface area contributed by atoms with Gasteiger partial charge in [-0.3, -0.25) is 4.98 Å². The molecule has 1 aromatic heterocycles. The van der Waals surface area contributed by atoms with Crippen LogP contribution in [0, 0.1) is 0 Å². The Labute approximate surface area is 197 Å². The molecule has 0 unspecified atom stereocenters. The van der Waals surface area contributed by atoms with E-state index >= 15 is 0 Å². The summed E-state index contributed by atoms with van der Waals surface area (Å²) in [5.74, 6) is 1.43. The lowest BCUT2D eigenvalue weighted by atomic mass is 9.80. The molecule has 0 spiro atoms. The summed E-state index contributed by atoms with van der Waals surface area (Å²) in [6.07, 6.45) is 5.69. The Morgan fingerprint density at radius 2 is 1.72 bits per heavy atom. The molecule has 7 heteroatoms. The van der Waals surface area contributed by atoms with Crippen LogP contribution >= 0.6 is 12.2 Å². The summed E-state index contributed by atoms with van der Waals surface area (Å²) in [6.45, 7) is 10.3. The Kier molecular flexibility index (Phi) is 7.62. The first kappa shape index (κ1) is 24.3. The van der Waals surface area contributed by atoms with Gasteiger partial charge in [0.05, 0.1) is 14.2 Å². The summed E-state index contributed by atoms with van der Waals surface area (Å²) in [5, 5.41) is 8.15. The Balaban J connectivity index is 1.80. The van der Waals surface area contributed by atoms with E-state index in [1.165, 1.54) is 0 Å². The van der Waals surface area contributed by atoms with Gasteiger partial charge in [-0.15, -0.1) is 0 Å². The van der Waals surface area contributed by atoms with E-state index in [4.69, 9.17) is 21.7 Å². The van der Waals surface area contributed by atoms with Gasteiger partial charge in [0, 0.05) is 42.6 Å². The molecule has 0 amide bonds. The number of pyridine rings is 1. The molecule has 1 aliphatic heterocycles. The molecule has 2 aromatic rings. The monoisotopic (exact) mass is 456 g/mol. The highest BCUT2D eigenvalue weighted by molar-refractivity contribution is 7.80. The molecule has 1 aliphatic rings.